The van der Waals surface area contributed by atoms with Crippen molar-refractivity contribution in [1.82, 2.24) is 19.9 Å². The Hall–Kier alpha value is -2.74. The Morgan fingerprint density at radius 2 is 2.06 bits per heavy atom. The van der Waals surface area contributed by atoms with E-state index in [9.17, 15) is 5.11 Å². The van der Waals surface area contributed by atoms with Gasteiger partial charge in [-0.1, -0.05) is 42.4 Å². The standard InChI is InChI=1S/C26H29N5OS/c32-24-4-2-1-3-20(24)29-26-30-21-7-5-17(13-25(21)33-26)15-31-16-28-22-14-19(6-8-23(22)31)18-9-11-27-12-10-18/h5-9,13-14,16,20,24,27,32H,1-4,10-12,15H2,(H,29,30). The smallest absolute Gasteiger partial charge is 0.184 e. The maximum Gasteiger partial charge on any atom is 0.184 e. The number of aliphatic hydroxyl groups excluding tert-OH is 1. The fraction of sp³-hybridized carbons (Fsp3) is 0.385. The number of aromatic nitrogens is 3. The molecule has 6 rings (SSSR count). The summed E-state index contributed by atoms with van der Waals surface area (Å²) in [5.74, 6) is 0. The number of nitrogens with one attached hydrogen (secondary N) is 2. The first-order chi connectivity index (χ1) is 16.2. The summed E-state index contributed by atoms with van der Waals surface area (Å²) in [5, 5.41) is 18.0. The molecule has 1 aliphatic carbocycles. The summed E-state index contributed by atoms with van der Waals surface area (Å²) in [4.78, 5) is 9.44. The van der Waals surface area contributed by atoms with Gasteiger partial charge in [0.05, 0.1) is 39.7 Å². The molecular formula is C26H29N5OS. The second kappa shape index (κ2) is 8.89. The van der Waals surface area contributed by atoms with Crippen LogP contribution >= 0.6 is 11.3 Å². The van der Waals surface area contributed by atoms with E-state index in [0.29, 0.717) is 0 Å². The van der Waals surface area contributed by atoms with Crippen LogP contribution in [0.15, 0.2) is 48.8 Å². The van der Waals surface area contributed by atoms with E-state index in [0.717, 1.165) is 67.0 Å². The number of hydrogen-bond donors (Lipinski definition) is 3. The summed E-state index contributed by atoms with van der Waals surface area (Å²) < 4.78 is 3.39. The molecule has 1 saturated carbocycles. The Bertz CT molecular complexity index is 1320. The van der Waals surface area contributed by atoms with Crippen LogP contribution in [-0.2, 0) is 6.54 Å². The van der Waals surface area contributed by atoms with Crippen LogP contribution in [0.25, 0.3) is 26.8 Å². The Morgan fingerprint density at radius 1 is 1.12 bits per heavy atom. The van der Waals surface area contributed by atoms with Crippen molar-refractivity contribution in [3.63, 3.8) is 0 Å². The highest BCUT2D eigenvalue weighted by atomic mass is 32.1. The van der Waals surface area contributed by atoms with Crippen LogP contribution in [0.4, 0.5) is 5.13 Å². The maximum atomic E-state index is 10.3. The molecule has 1 fully saturated rings. The van der Waals surface area contributed by atoms with Gasteiger partial charge in [-0.3, -0.25) is 0 Å². The van der Waals surface area contributed by atoms with E-state index < -0.39 is 0 Å². The van der Waals surface area contributed by atoms with Gasteiger partial charge in [-0.15, -0.1) is 0 Å². The Kier molecular flexibility index (Phi) is 5.62. The van der Waals surface area contributed by atoms with Gasteiger partial charge in [-0.2, -0.15) is 0 Å². The van der Waals surface area contributed by atoms with Crippen molar-refractivity contribution in [2.75, 3.05) is 18.4 Å². The van der Waals surface area contributed by atoms with Crippen LogP contribution in [0.1, 0.15) is 43.2 Å². The van der Waals surface area contributed by atoms with Crippen molar-refractivity contribution in [2.24, 2.45) is 0 Å². The Morgan fingerprint density at radius 3 is 2.94 bits per heavy atom. The lowest BCUT2D eigenvalue weighted by atomic mass is 9.93. The minimum atomic E-state index is -0.276. The molecule has 170 valence electrons. The van der Waals surface area contributed by atoms with E-state index in [1.165, 1.54) is 27.8 Å². The second-order valence-electron chi connectivity index (χ2n) is 9.18. The van der Waals surface area contributed by atoms with Gasteiger partial charge in [0.15, 0.2) is 5.13 Å². The minimum Gasteiger partial charge on any atom is -0.391 e. The van der Waals surface area contributed by atoms with E-state index in [4.69, 9.17) is 4.98 Å². The van der Waals surface area contributed by atoms with Crippen LogP contribution in [-0.4, -0.2) is 44.9 Å². The highest BCUT2D eigenvalue weighted by molar-refractivity contribution is 7.22. The molecule has 2 unspecified atom stereocenters. The zero-order valence-corrected chi connectivity index (χ0v) is 19.4. The molecule has 2 atom stereocenters. The van der Waals surface area contributed by atoms with Crippen molar-refractivity contribution >= 4 is 43.3 Å². The zero-order chi connectivity index (χ0) is 22.2. The summed E-state index contributed by atoms with van der Waals surface area (Å²) >= 11 is 1.67. The Balaban J connectivity index is 1.22. The van der Waals surface area contributed by atoms with Crippen LogP contribution in [0, 0.1) is 0 Å². The molecule has 0 spiro atoms. The van der Waals surface area contributed by atoms with Crippen molar-refractivity contribution in [3.05, 3.63) is 59.9 Å². The number of anilines is 1. The summed E-state index contributed by atoms with van der Waals surface area (Å²) in [5.41, 5.74) is 7.14. The van der Waals surface area contributed by atoms with Gasteiger partial charge in [0.2, 0.25) is 0 Å². The summed E-state index contributed by atoms with van der Waals surface area (Å²) in [7, 11) is 0. The highest BCUT2D eigenvalue weighted by Crippen LogP contribution is 2.30. The van der Waals surface area contributed by atoms with Crippen LogP contribution in [0.3, 0.4) is 0 Å². The number of thiazole rings is 1. The molecular weight excluding hydrogens is 430 g/mol. The number of fused-ring (bicyclic) bond motifs is 2. The summed E-state index contributed by atoms with van der Waals surface area (Å²) in [6.45, 7) is 2.76. The van der Waals surface area contributed by atoms with Crippen LogP contribution in [0.5, 0.6) is 0 Å². The zero-order valence-electron chi connectivity index (χ0n) is 18.6. The molecule has 0 saturated heterocycles. The van der Waals surface area contributed by atoms with Crippen molar-refractivity contribution in [2.45, 2.75) is 50.8 Å². The van der Waals surface area contributed by atoms with Crippen molar-refractivity contribution in [1.29, 1.82) is 0 Å². The quantitative estimate of drug-likeness (QED) is 0.400. The van der Waals surface area contributed by atoms with Gasteiger partial charge in [-0.25, -0.2) is 9.97 Å². The molecule has 4 aromatic rings. The summed E-state index contributed by atoms with van der Waals surface area (Å²) in [6, 6.07) is 13.2. The van der Waals surface area contributed by atoms with Gasteiger partial charge in [-0.05, 0) is 66.8 Å². The largest absolute Gasteiger partial charge is 0.391 e. The predicted molar refractivity (Wildman–Crippen MR) is 136 cm³/mol. The lowest BCUT2D eigenvalue weighted by Crippen LogP contribution is -2.36. The first-order valence-corrected chi connectivity index (χ1v) is 12.7. The maximum absolute atomic E-state index is 10.3. The predicted octanol–water partition coefficient (Wildman–Crippen LogP) is 4.79. The third-order valence-electron chi connectivity index (χ3n) is 6.90. The molecule has 3 N–H and O–H groups in total. The molecule has 33 heavy (non-hydrogen) atoms. The number of aliphatic hydroxyl groups is 1. The third-order valence-corrected chi connectivity index (χ3v) is 7.85. The average Bonchev–Trinajstić information content (AvgIpc) is 3.44. The van der Waals surface area contributed by atoms with Crippen molar-refractivity contribution < 1.29 is 5.11 Å². The molecule has 3 heterocycles. The first-order valence-electron chi connectivity index (χ1n) is 11.9. The van der Waals surface area contributed by atoms with Gasteiger partial charge in [0, 0.05) is 13.1 Å². The van der Waals surface area contributed by atoms with Gasteiger partial charge >= 0.3 is 0 Å². The average molecular weight is 460 g/mol. The number of imidazole rings is 1. The normalized spacial score (nSPS) is 21.4. The second-order valence-corrected chi connectivity index (χ2v) is 10.2. The van der Waals surface area contributed by atoms with Crippen LogP contribution in [0.2, 0.25) is 0 Å². The van der Waals surface area contributed by atoms with Gasteiger partial charge in [0.1, 0.15) is 0 Å². The molecule has 0 radical (unpaired) electrons. The molecule has 0 bridgehead atoms. The van der Waals surface area contributed by atoms with Gasteiger partial charge < -0.3 is 20.3 Å². The third kappa shape index (κ3) is 4.28. The monoisotopic (exact) mass is 459 g/mol. The molecule has 6 nitrogen and oxygen atoms in total. The molecule has 2 aromatic heterocycles. The minimum absolute atomic E-state index is 0.113. The highest BCUT2D eigenvalue weighted by Gasteiger charge is 2.23. The van der Waals surface area contributed by atoms with Crippen LogP contribution < -0.4 is 10.6 Å². The number of rotatable bonds is 5. The van der Waals surface area contributed by atoms with Crippen molar-refractivity contribution in [3.8, 4) is 0 Å². The number of benzene rings is 2. The Labute approximate surface area is 197 Å². The van der Waals surface area contributed by atoms with E-state index in [2.05, 4.69) is 62.7 Å². The fourth-order valence-electron chi connectivity index (χ4n) is 5.04. The first kappa shape index (κ1) is 20.8. The number of nitrogens with zero attached hydrogens (tertiary/aromatic N) is 3. The van der Waals surface area contributed by atoms with E-state index >= 15 is 0 Å². The molecule has 1 aliphatic heterocycles. The van der Waals surface area contributed by atoms with Gasteiger partial charge in [0.25, 0.3) is 0 Å². The van der Waals surface area contributed by atoms with E-state index in [-0.39, 0.29) is 12.1 Å². The van der Waals surface area contributed by atoms with E-state index in [1.54, 1.807) is 11.3 Å². The topological polar surface area (TPSA) is 75.0 Å². The lowest BCUT2D eigenvalue weighted by molar-refractivity contribution is 0.116. The molecule has 2 aromatic carbocycles. The lowest BCUT2D eigenvalue weighted by Gasteiger charge is -2.27. The molecule has 2 aliphatic rings. The molecule has 7 heteroatoms. The SMILES string of the molecule is OC1CCCCC1Nc1nc2ccc(Cn3cnc4cc(C5=CCNCC5)ccc43)cc2s1. The van der Waals surface area contributed by atoms with E-state index in [1.807, 2.05) is 6.33 Å². The number of hydrogen-bond acceptors (Lipinski definition) is 6. The summed E-state index contributed by atoms with van der Waals surface area (Å²) in [6.07, 6.45) is 9.18. The molecule has 0 amide bonds. The fourth-order valence-corrected chi connectivity index (χ4v) is 6.03.